The number of carbonyl (C=O) groups excluding carboxylic acids is 1. The number of nitrogens with zero attached hydrogens (tertiary/aromatic N) is 5. The molecule has 0 radical (unpaired) electrons. The minimum absolute atomic E-state index is 0.0567. The maximum absolute atomic E-state index is 12.8. The number of carbonyl (C=O) groups is 1. The Balaban J connectivity index is 1.71. The fraction of sp³-hybridized carbons (Fsp3) is 0.625. The standard InChI is InChI=1S/C16H21N5O4/c1-18-9-17-14-13(18)15(23)21(16(24)19(14)2)8-12(22)20-6-7-25-11-5-3-4-10(11)20/h9-11H,3-8H2,1-2H3/t10-,11-/m1/s1. The van der Waals surface area contributed by atoms with Crippen molar-refractivity contribution < 1.29 is 9.53 Å². The van der Waals surface area contributed by atoms with Gasteiger partial charge in [-0.3, -0.25) is 14.2 Å². The molecule has 0 spiro atoms. The van der Waals surface area contributed by atoms with Crippen molar-refractivity contribution >= 4 is 17.1 Å². The molecule has 1 aliphatic carbocycles. The largest absolute Gasteiger partial charge is 0.374 e. The second-order valence-electron chi connectivity index (χ2n) is 6.76. The minimum atomic E-state index is -0.527. The molecule has 9 nitrogen and oxygen atoms in total. The van der Waals surface area contributed by atoms with Gasteiger partial charge in [-0.1, -0.05) is 0 Å². The molecule has 1 aliphatic heterocycles. The Hall–Kier alpha value is -2.42. The Morgan fingerprint density at radius 3 is 2.92 bits per heavy atom. The number of amides is 1. The van der Waals surface area contributed by atoms with Crippen molar-refractivity contribution in [3.63, 3.8) is 0 Å². The van der Waals surface area contributed by atoms with E-state index in [1.54, 1.807) is 23.6 Å². The Kier molecular flexibility index (Phi) is 3.75. The first-order chi connectivity index (χ1) is 12.0. The predicted molar refractivity (Wildman–Crippen MR) is 89.3 cm³/mol. The number of aromatic nitrogens is 4. The van der Waals surface area contributed by atoms with E-state index in [-0.39, 0.29) is 24.6 Å². The lowest BCUT2D eigenvalue weighted by Crippen LogP contribution is -2.53. The van der Waals surface area contributed by atoms with E-state index in [1.165, 1.54) is 10.9 Å². The van der Waals surface area contributed by atoms with Crippen molar-refractivity contribution in [1.29, 1.82) is 0 Å². The van der Waals surface area contributed by atoms with Gasteiger partial charge in [0.1, 0.15) is 6.54 Å². The third-order valence-corrected chi connectivity index (χ3v) is 5.30. The summed E-state index contributed by atoms with van der Waals surface area (Å²) >= 11 is 0. The van der Waals surface area contributed by atoms with Crippen LogP contribution in [0.4, 0.5) is 0 Å². The molecule has 1 saturated heterocycles. The monoisotopic (exact) mass is 347 g/mol. The van der Waals surface area contributed by atoms with E-state index in [4.69, 9.17) is 4.74 Å². The van der Waals surface area contributed by atoms with Crippen LogP contribution in [0.15, 0.2) is 15.9 Å². The van der Waals surface area contributed by atoms with Gasteiger partial charge >= 0.3 is 5.69 Å². The van der Waals surface area contributed by atoms with Gasteiger partial charge in [0.25, 0.3) is 5.56 Å². The van der Waals surface area contributed by atoms with E-state index in [0.29, 0.717) is 24.3 Å². The molecule has 2 fully saturated rings. The molecule has 1 amide bonds. The molecule has 1 saturated carbocycles. The molecule has 0 bridgehead atoms. The molecule has 2 atom stereocenters. The molecule has 25 heavy (non-hydrogen) atoms. The van der Waals surface area contributed by atoms with Crippen molar-refractivity contribution in [2.75, 3.05) is 13.2 Å². The third kappa shape index (κ3) is 2.41. The topological polar surface area (TPSA) is 91.4 Å². The van der Waals surface area contributed by atoms with Crippen molar-refractivity contribution in [2.24, 2.45) is 14.1 Å². The summed E-state index contributed by atoms with van der Waals surface area (Å²) in [5.41, 5.74) is -0.373. The van der Waals surface area contributed by atoms with Crippen LogP contribution in [0.3, 0.4) is 0 Å². The van der Waals surface area contributed by atoms with Crippen LogP contribution in [0.2, 0.25) is 0 Å². The minimum Gasteiger partial charge on any atom is -0.374 e. The first kappa shape index (κ1) is 16.1. The van der Waals surface area contributed by atoms with Crippen molar-refractivity contribution in [1.82, 2.24) is 23.6 Å². The van der Waals surface area contributed by atoms with Crippen LogP contribution in [0.1, 0.15) is 19.3 Å². The summed E-state index contributed by atoms with van der Waals surface area (Å²) in [5.74, 6) is -0.207. The van der Waals surface area contributed by atoms with Gasteiger partial charge in [-0.25, -0.2) is 14.3 Å². The van der Waals surface area contributed by atoms with Crippen LogP contribution in [0, 0.1) is 0 Å². The molecule has 0 unspecified atom stereocenters. The number of hydrogen-bond acceptors (Lipinski definition) is 5. The fourth-order valence-electron chi connectivity index (χ4n) is 4.00. The smallest absolute Gasteiger partial charge is 0.332 e. The van der Waals surface area contributed by atoms with E-state index in [1.807, 2.05) is 0 Å². The number of fused-ring (bicyclic) bond motifs is 2. The fourth-order valence-corrected chi connectivity index (χ4v) is 4.00. The Morgan fingerprint density at radius 2 is 2.12 bits per heavy atom. The second-order valence-corrected chi connectivity index (χ2v) is 6.76. The zero-order valence-electron chi connectivity index (χ0n) is 14.3. The van der Waals surface area contributed by atoms with Crippen molar-refractivity contribution in [3.05, 3.63) is 27.2 Å². The second kappa shape index (κ2) is 5.83. The van der Waals surface area contributed by atoms with Gasteiger partial charge in [-0.05, 0) is 19.3 Å². The van der Waals surface area contributed by atoms with Gasteiger partial charge in [0, 0.05) is 20.6 Å². The summed E-state index contributed by atoms with van der Waals surface area (Å²) in [5, 5.41) is 0. The highest BCUT2D eigenvalue weighted by Crippen LogP contribution is 2.29. The van der Waals surface area contributed by atoms with Gasteiger partial charge in [0.15, 0.2) is 11.2 Å². The average molecular weight is 347 g/mol. The highest BCUT2D eigenvalue weighted by molar-refractivity contribution is 5.77. The lowest BCUT2D eigenvalue weighted by atomic mass is 10.1. The van der Waals surface area contributed by atoms with Crippen molar-refractivity contribution in [2.45, 2.75) is 38.0 Å². The molecule has 3 heterocycles. The summed E-state index contributed by atoms with van der Waals surface area (Å²) in [6.07, 6.45) is 4.46. The van der Waals surface area contributed by atoms with Crippen LogP contribution >= 0.6 is 0 Å². The predicted octanol–water partition coefficient (Wildman–Crippen LogP) is -0.786. The number of hydrogen-bond donors (Lipinski definition) is 0. The van der Waals surface area contributed by atoms with Gasteiger partial charge in [0.2, 0.25) is 5.91 Å². The summed E-state index contributed by atoms with van der Waals surface area (Å²) < 4.78 is 9.60. The Labute approximate surface area is 143 Å². The third-order valence-electron chi connectivity index (χ3n) is 5.30. The van der Waals surface area contributed by atoms with E-state index in [0.717, 1.165) is 23.8 Å². The van der Waals surface area contributed by atoms with Crippen LogP contribution in [0.5, 0.6) is 0 Å². The molecule has 134 valence electrons. The van der Waals surface area contributed by atoms with E-state index < -0.39 is 11.2 Å². The Morgan fingerprint density at radius 1 is 1.32 bits per heavy atom. The zero-order chi connectivity index (χ0) is 17.7. The number of morpholine rings is 1. The molecule has 9 heteroatoms. The number of ether oxygens (including phenoxy) is 1. The molecular formula is C16H21N5O4. The van der Waals surface area contributed by atoms with Crippen LogP contribution < -0.4 is 11.2 Å². The van der Waals surface area contributed by atoms with E-state index in [9.17, 15) is 14.4 Å². The van der Waals surface area contributed by atoms with Crippen LogP contribution in [-0.2, 0) is 30.2 Å². The highest BCUT2D eigenvalue weighted by Gasteiger charge is 2.38. The number of imidazole rings is 1. The highest BCUT2D eigenvalue weighted by atomic mass is 16.5. The molecular weight excluding hydrogens is 326 g/mol. The van der Waals surface area contributed by atoms with Crippen molar-refractivity contribution in [3.8, 4) is 0 Å². The lowest BCUT2D eigenvalue weighted by molar-refractivity contribution is -0.144. The van der Waals surface area contributed by atoms with E-state index >= 15 is 0 Å². The summed E-state index contributed by atoms with van der Waals surface area (Å²) in [6, 6.07) is 0.0567. The molecule has 4 rings (SSSR count). The summed E-state index contributed by atoms with van der Waals surface area (Å²) in [6.45, 7) is 0.749. The molecule has 2 aromatic heterocycles. The lowest BCUT2D eigenvalue weighted by Gasteiger charge is -2.37. The molecule has 2 aromatic rings. The molecule has 2 aliphatic rings. The molecule has 0 aromatic carbocycles. The quantitative estimate of drug-likeness (QED) is 0.710. The first-order valence-electron chi connectivity index (χ1n) is 8.51. The zero-order valence-corrected chi connectivity index (χ0v) is 14.3. The maximum Gasteiger partial charge on any atom is 0.332 e. The number of rotatable bonds is 2. The summed E-state index contributed by atoms with van der Waals surface area (Å²) in [4.78, 5) is 44.0. The first-order valence-corrected chi connectivity index (χ1v) is 8.51. The van der Waals surface area contributed by atoms with Crippen LogP contribution in [-0.4, -0.2) is 54.8 Å². The SMILES string of the molecule is Cn1cnc2c1c(=O)n(CC(=O)N1CCO[C@@H]3CCC[C@H]31)c(=O)n2C. The normalized spacial score (nSPS) is 23.2. The Bertz CT molecular complexity index is 956. The van der Waals surface area contributed by atoms with Crippen LogP contribution in [0.25, 0.3) is 11.2 Å². The average Bonchev–Trinajstić information content (AvgIpc) is 3.22. The molecule has 0 N–H and O–H groups in total. The van der Waals surface area contributed by atoms with Gasteiger partial charge < -0.3 is 14.2 Å². The summed E-state index contributed by atoms with van der Waals surface area (Å²) in [7, 11) is 3.25. The maximum atomic E-state index is 12.8. The van der Waals surface area contributed by atoms with E-state index in [2.05, 4.69) is 4.98 Å². The van der Waals surface area contributed by atoms with Gasteiger partial charge in [0.05, 0.1) is 25.1 Å². The van der Waals surface area contributed by atoms with Gasteiger partial charge in [-0.2, -0.15) is 0 Å². The number of aryl methyl sites for hydroxylation is 2. The van der Waals surface area contributed by atoms with Gasteiger partial charge in [-0.15, -0.1) is 0 Å².